The predicted molar refractivity (Wildman–Crippen MR) is 113 cm³/mol. The van der Waals surface area contributed by atoms with Gasteiger partial charge in [0.25, 0.3) is 0 Å². The molecular weight excluding hydrogens is 445 g/mol. The van der Waals surface area contributed by atoms with Crippen molar-refractivity contribution < 1.29 is 27.8 Å². The van der Waals surface area contributed by atoms with Gasteiger partial charge < -0.3 is 9.84 Å². The number of hydrogen-bond donors (Lipinski definition) is 1. The van der Waals surface area contributed by atoms with Crippen molar-refractivity contribution in [1.82, 2.24) is 4.98 Å². The maximum absolute atomic E-state index is 14.5. The molecule has 1 aliphatic rings. The van der Waals surface area contributed by atoms with E-state index in [1.807, 2.05) is 0 Å². The molecule has 166 valence electrons. The van der Waals surface area contributed by atoms with Gasteiger partial charge in [-0.3, -0.25) is 4.90 Å². The maximum Gasteiger partial charge on any atom is 0.416 e. The summed E-state index contributed by atoms with van der Waals surface area (Å²) in [7, 11) is 0. The Morgan fingerprint density at radius 3 is 2.56 bits per heavy atom. The third-order valence-electron chi connectivity index (χ3n) is 5.42. The molecule has 1 amide bonds. The van der Waals surface area contributed by atoms with Crippen LogP contribution in [0, 0.1) is 17.5 Å². The minimum atomic E-state index is -1.33. The van der Waals surface area contributed by atoms with Gasteiger partial charge in [-0.2, -0.15) is 0 Å². The fourth-order valence-electron chi connectivity index (χ4n) is 3.83. The third kappa shape index (κ3) is 4.03. The first kappa shape index (κ1) is 22.1. The van der Waals surface area contributed by atoms with E-state index in [0.717, 1.165) is 6.07 Å². The molecule has 9 heteroatoms. The van der Waals surface area contributed by atoms with Crippen LogP contribution < -0.4 is 4.90 Å². The molecule has 0 radical (unpaired) electrons. The van der Waals surface area contributed by atoms with E-state index in [1.165, 1.54) is 41.3 Å². The number of ether oxygens (including phenoxy) is 1. The zero-order valence-corrected chi connectivity index (χ0v) is 17.5. The first-order valence-electron chi connectivity index (χ1n) is 9.83. The number of amides is 1. The second kappa shape index (κ2) is 8.80. The molecule has 5 nitrogen and oxygen atoms in total. The number of pyridine rings is 1. The molecule has 1 atom stereocenters. The SMILES string of the molecule is O=C1OC(CCO)(c2ccccc2F)CCN1c1ccc(Cl)c(-c2ccc(F)cc2F)n1. The van der Waals surface area contributed by atoms with E-state index >= 15 is 0 Å². The van der Waals surface area contributed by atoms with E-state index in [9.17, 15) is 23.1 Å². The molecule has 3 aromatic rings. The Balaban J connectivity index is 1.67. The number of rotatable bonds is 5. The highest BCUT2D eigenvalue weighted by atomic mass is 35.5. The van der Waals surface area contributed by atoms with Crippen molar-refractivity contribution >= 4 is 23.5 Å². The highest BCUT2D eigenvalue weighted by Gasteiger charge is 2.44. The molecule has 1 fully saturated rings. The van der Waals surface area contributed by atoms with Crippen molar-refractivity contribution in [2.24, 2.45) is 0 Å². The van der Waals surface area contributed by atoms with Gasteiger partial charge in [0.15, 0.2) is 0 Å². The molecule has 1 N–H and O–H groups in total. The second-order valence-corrected chi connectivity index (χ2v) is 7.75. The zero-order chi connectivity index (χ0) is 22.9. The fourth-order valence-corrected chi connectivity index (χ4v) is 4.04. The highest BCUT2D eigenvalue weighted by molar-refractivity contribution is 6.33. The zero-order valence-electron chi connectivity index (χ0n) is 16.7. The molecule has 32 heavy (non-hydrogen) atoms. The first-order chi connectivity index (χ1) is 15.3. The van der Waals surface area contributed by atoms with Crippen molar-refractivity contribution in [2.45, 2.75) is 18.4 Å². The third-order valence-corrected chi connectivity index (χ3v) is 5.72. The molecule has 0 aliphatic carbocycles. The molecule has 2 aromatic carbocycles. The quantitative estimate of drug-likeness (QED) is 0.548. The van der Waals surface area contributed by atoms with Crippen LogP contribution in [0.25, 0.3) is 11.3 Å². The van der Waals surface area contributed by atoms with Gasteiger partial charge in [0.1, 0.15) is 28.9 Å². The van der Waals surface area contributed by atoms with Crippen molar-refractivity contribution in [1.29, 1.82) is 0 Å². The first-order valence-corrected chi connectivity index (χ1v) is 10.2. The summed E-state index contributed by atoms with van der Waals surface area (Å²) < 4.78 is 47.7. The van der Waals surface area contributed by atoms with Crippen molar-refractivity contribution in [3.05, 3.63) is 82.6 Å². The summed E-state index contributed by atoms with van der Waals surface area (Å²) in [6.07, 6.45) is -0.591. The van der Waals surface area contributed by atoms with Gasteiger partial charge >= 0.3 is 6.09 Å². The molecule has 0 saturated carbocycles. The predicted octanol–water partition coefficient (Wildman–Crippen LogP) is 5.44. The van der Waals surface area contributed by atoms with E-state index in [-0.39, 0.29) is 53.7 Å². The van der Waals surface area contributed by atoms with Gasteiger partial charge in [-0.15, -0.1) is 0 Å². The smallest absolute Gasteiger partial charge is 0.416 e. The lowest BCUT2D eigenvalue weighted by Gasteiger charge is -2.41. The summed E-state index contributed by atoms with van der Waals surface area (Å²) in [5.74, 6) is -1.99. The van der Waals surface area contributed by atoms with Gasteiger partial charge in [-0.05, 0) is 30.3 Å². The molecule has 0 bridgehead atoms. The Labute approximate surface area is 187 Å². The molecule has 4 rings (SSSR count). The lowest BCUT2D eigenvalue weighted by Crippen LogP contribution is -2.49. The molecule has 1 saturated heterocycles. The van der Waals surface area contributed by atoms with Crippen LogP contribution in [0.3, 0.4) is 0 Å². The van der Waals surface area contributed by atoms with Crippen LogP contribution in [0.2, 0.25) is 5.02 Å². The Morgan fingerprint density at radius 2 is 1.88 bits per heavy atom. The maximum atomic E-state index is 14.5. The standard InChI is InChI=1S/C23H18ClF3N2O3/c24-17-7-8-20(28-21(17)15-6-5-14(25)13-19(15)27)29-11-9-23(10-12-30,32-22(29)31)16-3-1-2-4-18(16)26/h1-8,13,30H,9-12H2. The summed E-state index contributed by atoms with van der Waals surface area (Å²) in [5, 5.41) is 9.64. The number of aromatic nitrogens is 1. The van der Waals surface area contributed by atoms with Gasteiger partial charge in [-0.25, -0.2) is 22.9 Å². The molecule has 1 aliphatic heterocycles. The summed E-state index contributed by atoms with van der Waals surface area (Å²) in [5.41, 5.74) is -1.13. The minimum Gasteiger partial charge on any atom is -0.437 e. The number of carbonyl (C=O) groups is 1. The van der Waals surface area contributed by atoms with Crippen LogP contribution in [0.4, 0.5) is 23.8 Å². The number of anilines is 1. The van der Waals surface area contributed by atoms with Crippen molar-refractivity contribution in [3.63, 3.8) is 0 Å². The van der Waals surface area contributed by atoms with E-state index in [0.29, 0.717) is 6.07 Å². The molecule has 0 spiro atoms. The van der Waals surface area contributed by atoms with Crippen LogP contribution in [-0.2, 0) is 10.3 Å². The lowest BCUT2D eigenvalue weighted by atomic mass is 9.85. The van der Waals surface area contributed by atoms with E-state index < -0.39 is 29.1 Å². The average molecular weight is 463 g/mol. The van der Waals surface area contributed by atoms with Crippen LogP contribution in [0.5, 0.6) is 0 Å². The number of cyclic esters (lactones) is 1. The van der Waals surface area contributed by atoms with E-state index in [4.69, 9.17) is 16.3 Å². The van der Waals surface area contributed by atoms with Crippen molar-refractivity contribution in [2.75, 3.05) is 18.1 Å². The van der Waals surface area contributed by atoms with E-state index in [2.05, 4.69) is 4.98 Å². The molecular formula is C23H18ClF3N2O3. The summed E-state index contributed by atoms with van der Waals surface area (Å²) in [6, 6.07) is 11.9. The number of halogens is 4. The Morgan fingerprint density at radius 1 is 1.09 bits per heavy atom. The summed E-state index contributed by atoms with van der Waals surface area (Å²) >= 11 is 6.17. The molecule has 2 heterocycles. The number of aliphatic hydroxyl groups excluding tert-OH is 1. The van der Waals surface area contributed by atoms with Crippen LogP contribution >= 0.6 is 11.6 Å². The van der Waals surface area contributed by atoms with Crippen LogP contribution in [-0.4, -0.2) is 29.3 Å². The summed E-state index contributed by atoms with van der Waals surface area (Å²) in [4.78, 5) is 18.4. The summed E-state index contributed by atoms with van der Waals surface area (Å²) in [6.45, 7) is -0.206. The molecule has 1 unspecified atom stereocenters. The van der Waals surface area contributed by atoms with Crippen LogP contribution in [0.15, 0.2) is 54.6 Å². The Bertz CT molecular complexity index is 1180. The monoisotopic (exact) mass is 462 g/mol. The fraction of sp³-hybridized carbons (Fsp3) is 0.217. The Hall–Kier alpha value is -3.10. The Kier molecular flexibility index (Phi) is 6.08. The normalized spacial score (nSPS) is 18.5. The number of carbonyl (C=O) groups excluding carboxylic acids is 1. The van der Waals surface area contributed by atoms with E-state index in [1.54, 1.807) is 6.07 Å². The number of benzene rings is 2. The molecule has 1 aromatic heterocycles. The highest BCUT2D eigenvalue weighted by Crippen LogP contribution is 2.40. The number of hydrogen-bond acceptors (Lipinski definition) is 4. The second-order valence-electron chi connectivity index (χ2n) is 7.34. The van der Waals surface area contributed by atoms with Crippen LogP contribution in [0.1, 0.15) is 18.4 Å². The number of aliphatic hydroxyl groups is 1. The minimum absolute atomic E-state index is 0.0214. The lowest BCUT2D eigenvalue weighted by molar-refractivity contribution is -0.0282. The number of nitrogens with zero attached hydrogens (tertiary/aromatic N) is 2. The largest absolute Gasteiger partial charge is 0.437 e. The topological polar surface area (TPSA) is 62.7 Å². The average Bonchev–Trinajstić information content (AvgIpc) is 2.75. The van der Waals surface area contributed by atoms with Gasteiger partial charge in [0.05, 0.1) is 10.7 Å². The van der Waals surface area contributed by atoms with Gasteiger partial charge in [-0.1, -0.05) is 29.8 Å². The van der Waals surface area contributed by atoms with Gasteiger partial charge in [0.2, 0.25) is 0 Å². The van der Waals surface area contributed by atoms with Gasteiger partial charge in [0, 0.05) is 43.2 Å². The van der Waals surface area contributed by atoms with Crippen molar-refractivity contribution in [3.8, 4) is 11.3 Å².